The average molecular weight is 410 g/mol. The van der Waals surface area contributed by atoms with E-state index in [9.17, 15) is 9.59 Å². The molecule has 0 aliphatic rings. The van der Waals surface area contributed by atoms with Crippen LogP contribution in [-0.2, 0) is 4.79 Å². The Morgan fingerprint density at radius 2 is 1.97 bits per heavy atom. The first-order valence-corrected chi connectivity index (χ1v) is 10.1. The van der Waals surface area contributed by atoms with Crippen molar-refractivity contribution in [2.24, 2.45) is 0 Å². The summed E-state index contributed by atoms with van der Waals surface area (Å²) in [4.78, 5) is 28.6. The van der Waals surface area contributed by atoms with Gasteiger partial charge >= 0.3 is 5.97 Å². The van der Waals surface area contributed by atoms with Crippen LogP contribution in [0.2, 0.25) is 0 Å². The average Bonchev–Trinajstić information content (AvgIpc) is 2.71. The van der Waals surface area contributed by atoms with Gasteiger partial charge in [-0.15, -0.1) is 0 Å². The molecule has 3 aromatic rings. The van der Waals surface area contributed by atoms with E-state index in [1.807, 2.05) is 38.1 Å². The predicted octanol–water partition coefficient (Wildman–Crippen LogP) is 4.76. The number of carbonyl (C=O) groups is 2. The van der Waals surface area contributed by atoms with Crippen LogP contribution < -0.4 is 10.1 Å². The number of rotatable bonds is 7. The van der Waals surface area contributed by atoms with Crippen LogP contribution in [0.5, 0.6) is 5.75 Å². The summed E-state index contributed by atoms with van der Waals surface area (Å²) in [6, 6.07) is 14.0. The molecule has 2 aromatic carbocycles. The third kappa shape index (κ3) is 4.68. The molecule has 6 nitrogen and oxygen atoms in total. The molecule has 0 fully saturated rings. The summed E-state index contributed by atoms with van der Waals surface area (Å²) in [5.41, 5.74) is 2.41. The molecule has 1 aromatic heterocycles. The molecule has 1 unspecified atom stereocenters. The molecule has 0 radical (unpaired) electrons. The van der Waals surface area contributed by atoms with Crippen molar-refractivity contribution >= 4 is 40.2 Å². The molecule has 0 saturated carbocycles. The van der Waals surface area contributed by atoms with Gasteiger partial charge in [-0.25, -0.2) is 9.78 Å². The molecule has 1 atom stereocenters. The number of carboxylic acids is 1. The van der Waals surface area contributed by atoms with Gasteiger partial charge in [-0.2, -0.15) is 0 Å². The molecule has 0 bridgehead atoms. The van der Waals surface area contributed by atoms with E-state index in [2.05, 4.69) is 5.32 Å². The van der Waals surface area contributed by atoms with E-state index in [-0.39, 0.29) is 16.7 Å². The van der Waals surface area contributed by atoms with Crippen molar-refractivity contribution in [3.63, 3.8) is 0 Å². The van der Waals surface area contributed by atoms with Gasteiger partial charge in [-0.1, -0.05) is 36.9 Å². The maximum absolute atomic E-state index is 12.8. The van der Waals surface area contributed by atoms with E-state index in [1.165, 1.54) is 23.9 Å². The highest BCUT2D eigenvalue weighted by molar-refractivity contribution is 8.00. The number of hydrogen-bond donors (Lipinski definition) is 2. The van der Waals surface area contributed by atoms with Gasteiger partial charge in [0.1, 0.15) is 11.3 Å². The number of anilines is 1. The number of carbonyl (C=O) groups excluding carboxylic acids is 1. The number of nitrogens with one attached hydrogen (secondary N) is 1. The molecule has 0 saturated heterocycles. The summed E-state index contributed by atoms with van der Waals surface area (Å²) in [6.45, 7) is 3.94. The minimum absolute atomic E-state index is 0.127. The lowest BCUT2D eigenvalue weighted by Gasteiger charge is -2.16. The summed E-state index contributed by atoms with van der Waals surface area (Å²) in [5.74, 6) is -0.539. The van der Waals surface area contributed by atoms with Crippen LogP contribution in [0, 0.1) is 6.92 Å². The van der Waals surface area contributed by atoms with Crippen LogP contribution in [0.15, 0.2) is 53.6 Å². The van der Waals surface area contributed by atoms with E-state index in [0.717, 1.165) is 21.5 Å². The first-order chi connectivity index (χ1) is 13.9. The number of methoxy groups -OCH3 is 1. The van der Waals surface area contributed by atoms with Crippen molar-refractivity contribution in [2.75, 3.05) is 12.4 Å². The number of fused-ring (bicyclic) bond motifs is 1. The monoisotopic (exact) mass is 410 g/mol. The second-order valence-electron chi connectivity index (χ2n) is 6.52. The molecule has 0 aliphatic heterocycles. The topological polar surface area (TPSA) is 88.5 Å². The number of carboxylic acid groups (broad SMARTS) is 1. The quantitative estimate of drug-likeness (QED) is 0.546. The summed E-state index contributed by atoms with van der Waals surface area (Å²) >= 11 is 1.38. The minimum Gasteiger partial charge on any atom is -0.494 e. The van der Waals surface area contributed by atoms with Crippen molar-refractivity contribution < 1.29 is 19.4 Å². The molecule has 0 spiro atoms. The van der Waals surface area contributed by atoms with Gasteiger partial charge in [0.25, 0.3) is 0 Å². The Kier molecular flexibility index (Phi) is 6.39. The molecule has 29 heavy (non-hydrogen) atoms. The Balaban J connectivity index is 1.83. The van der Waals surface area contributed by atoms with Gasteiger partial charge in [0.05, 0.1) is 22.9 Å². The van der Waals surface area contributed by atoms with Crippen molar-refractivity contribution in [2.45, 2.75) is 30.5 Å². The Morgan fingerprint density at radius 1 is 1.21 bits per heavy atom. The van der Waals surface area contributed by atoms with Crippen LogP contribution in [0.4, 0.5) is 5.69 Å². The van der Waals surface area contributed by atoms with Crippen molar-refractivity contribution in [3.05, 3.63) is 59.7 Å². The molecule has 1 heterocycles. The van der Waals surface area contributed by atoms with Gasteiger partial charge in [0.15, 0.2) is 0 Å². The molecule has 2 N–H and O–H groups in total. The van der Waals surface area contributed by atoms with Gasteiger partial charge in [0.2, 0.25) is 5.91 Å². The first kappa shape index (κ1) is 20.7. The van der Waals surface area contributed by atoms with E-state index < -0.39 is 5.97 Å². The number of amides is 1. The van der Waals surface area contributed by atoms with E-state index in [4.69, 9.17) is 14.8 Å². The Hall–Kier alpha value is -3.06. The molecular weight excluding hydrogens is 388 g/mol. The molecular formula is C22H22N2O4S. The number of benzene rings is 2. The number of pyridine rings is 1. The zero-order valence-corrected chi connectivity index (χ0v) is 17.2. The molecule has 7 heteroatoms. The maximum Gasteiger partial charge on any atom is 0.335 e. The van der Waals surface area contributed by atoms with Crippen LogP contribution in [-0.4, -0.2) is 34.3 Å². The third-order valence-electron chi connectivity index (χ3n) is 4.51. The van der Waals surface area contributed by atoms with E-state index in [0.29, 0.717) is 17.9 Å². The highest BCUT2D eigenvalue weighted by Gasteiger charge is 2.20. The zero-order valence-electron chi connectivity index (χ0n) is 16.4. The van der Waals surface area contributed by atoms with E-state index in [1.54, 1.807) is 19.2 Å². The van der Waals surface area contributed by atoms with Crippen molar-refractivity contribution in [1.29, 1.82) is 0 Å². The summed E-state index contributed by atoms with van der Waals surface area (Å²) in [5, 5.41) is 13.3. The van der Waals surface area contributed by atoms with Gasteiger partial charge in [-0.3, -0.25) is 4.79 Å². The number of thioether (sulfide) groups is 1. The van der Waals surface area contributed by atoms with Gasteiger partial charge < -0.3 is 15.2 Å². The fourth-order valence-corrected chi connectivity index (χ4v) is 4.02. The Bertz CT molecular complexity index is 1070. The lowest BCUT2D eigenvalue weighted by Crippen LogP contribution is -2.24. The molecule has 3 rings (SSSR count). The number of aryl methyl sites for hydroxylation is 1. The summed E-state index contributed by atoms with van der Waals surface area (Å²) in [6.07, 6.45) is 0.597. The third-order valence-corrected chi connectivity index (χ3v) is 5.79. The second kappa shape index (κ2) is 8.96. The lowest BCUT2D eigenvalue weighted by atomic mass is 10.1. The number of nitrogens with zero attached hydrogens (tertiary/aromatic N) is 1. The molecule has 150 valence electrons. The van der Waals surface area contributed by atoms with Crippen molar-refractivity contribution in [3.8, 4) is 5.75 Å². The summed E-state index contributed by atoms with van der Waals surface area (Å²) < 4.78 is 5.43. The second-order valence-corrected chi connectivity index (χ2v) is 7.75. The Morgan fingerprint density at radius 3 is 2.66 bits per heavy atom. The number of para-hydroxylation sites is 1. The largest absolute Gasteiger partial charge is 0.494 e. The predicted molar refractivity (Wildman–Crippen MR) is 115 cm³/mol. The highest BCUT2D eigenvalue weighted by Crippen LogP contribution is 2.32. The zero-order chi connectivity index (χ0) is 21.0. The number of hydrogen-bond acceptors (Lipinski definition) is 5. The standard InChI is InChI=1S/C22H22N2O4S/c1-4-18(21(25)23-15-8-5-7-14(12-15)22(26)27)29-19-11-13(2)16-9-6-10-17(28-3)20(16)24-19/h5-12,18H,4H2,1-3H3,(H,23,25)(H,26,27). The van der Waals surface area contributed by atoms with Crippen LogP contribution >= 0.6 is 11.8 Å². The smallest absolute Gasteiger partial charge is 0.335 e. The van der Waals surface area contributed by atoms with Gasteiger partial charge in [-0.05, 0) is 49.2 Å². The molecule has 0 aliphatic carbocycles. The van der Waals surface area contributed by atoms with E-state index >= 15 is 0 Å². The fourth-order valence-electron chi connectivity index (χ4n) is 3.01. The van der Waals surface area contributed by atoms with Crippen LogP contribution in [0.1, 0.15) is 29.3 Å². The number of ether oxygens (including phenoxy) is 1. The van der Waals surface area contributed by atoms with Crippen molar-refractivity contribution in [1.82, 2.24) is 4.98 Å². The lowest BCUT2D eigenvalue weighted by molar-refractivity contribution is -0.115. The van der Waals surface area contributed by atoms with Crippen LogP contribution in [0.3, 0.4) is 0 Å². The molecule has 1 amide bonds. The fraction of sp³-hybridized carbons (Fsp3) is 0.227. The Labute approximate surface area is 173 Å². The minimum atomic E-state index is -1.03. The van der Waals surface area contributed by atoms with Gasteiger partial charge in [0, 0.05) is 11.1 Å². The van der Waals surface area contributed by atoms with Crippen LogP contribution in [0.25, 0.3) is 10.9 Å². The number of aromatic carboxylic acids is 1. The summed E-state index contributed by atoms with van der Waals surface area (Å²) in [7, 11) is 1.61. The normalized spacial score (nSPS) is 11.8. The first-order valence-electron chi connectivity index (χ1n) is 9.18. The maximum atomic E-state index is 12.8. The number of aromatic nitrogens is 1. The highest BCUT2D eigenvalue weighted by atomic mass is 32.2. The SMILES string of the molecule is CCC(Sc1cc(C)c2cccc(OC)c2n1)C(=O)Nc1cccc(C(=O)O)c1.